The Bertz CT molecular complexity index is 1470. The van der Waals surface area contributed by atoms with Gasteiger partial charge in [-0.25, -0.2) is 9.18 Å². The van der Waals surface area contributed by atoms with Crippen LogP contribution in [0.1, 0.15) is 40.0 Å². The summed E-state index contributed by atoms with van der Waals surface area (Å²) in [5.41, 5.74) is 3.89. The molecule has 1 fully saturated rings. The van der Waals surface area contributed by atoms with Crippen molar-refractivity contribution in [2.45, 2.75) is 32.1 Å². The second-order valence-corrected chi connectivity index (χ2v) is 9.23. The number of aryl methyl sites for hydroxylation is 1. The van der Waals surface area contributed by atoms with E-state index in [1.165, 1.54) is 30.3 Å². The van der Waals surface area contributed by atoms with Crippen LogP contribution in [0.15, 0.2) is 115 Å². The fourth-order valence-electron chi connectivity index (χ4n) is 4.61. The SMILES string of the molecule is CCc1ccc([C@@H]2[C@@H](/C=C/C(=O)c3ccc(F)cc3)OC(=O)N2c2ccccc2)c(OCc2ccccc2)c1. The lowest BCUT2D eigenvalue weighted by molar-refractivity contribution is 0.104. The monoisotopic (exact) mass is 521 g/mol. The van der Waals surface area contributed by atoms with Gasteiger partial charge in [-0.05, 0) is 72.2 Å². The zero-order valence-electron chi connectivity index (χ0n) is 21.5. The van der Waals surface area contributed by atoms with E-state index in [-0.39, 0.29) is 5.78 Å². The Balaban J connectivity index is 1.53. The zero-order valence-corrected chi connectivity index (χ0v) is 21.5. The molecule has 0 spiro atoms. The van der Waals surface area contributed by atoms with E-state index >= 15 is 0 Å². The van der Waals surface area contributed by atoms with E-state index in [0.29, 0.717) is 23.6 Å². The summed E-state index contributed by atoms with van der Waals surface area (Å²) >= 11 is 0. The minimum atomic E-state index is -0.770. The van der Waals surface area contributed by atoms with Crippen molar-refractivity contribution in [3.8, 4) is 5.75 Å². The molecule has 0 unspecified atom stereocenters. The number of para-hydroxylation sites is 1. The molecule has 1 aliphatic rings. The van der Waals surface area contributed by atoms with Gasteiger partial charge in [-0.15, -0.1) is 0 Å². The molecule has 5 rings (SSSR count). The molecule has 1 amide bonds. The van der Waals surface area contributed by atoms with Gasteiger partial charge in [0, 0.05) is 16.8 Å². The van der Waals surface area contributed by atoms with Gasteiger partial charge in [-0.2, -0.15) is 0 Å². The Morgan fingerprint density at radius 2 is 1.62 bits per heavy atom. The van der Waals surface area contributed by atoms with E-state index in [1.54, 1.807) is 11.0 Å². The number of carbonyl (C=O) groups excluding carboxylic acids is 2. The van der Waals surface area contributed by atoms with Gasteiger partial charge in [0.1, 0.15) is 30.3 Å². The average Bonchev–Trinajstić information content (AvgIpc) is 3.31. The van der Waals surface area contributed by atoms with Crippen molar-refractivity contribution in [2.24, 2.45) is 0 Å². The van der Waals surface area contributed by atoms with E-state index < -0.39 is 24.1 Å². The lowest BCUT2D eigenvalue weighted by Gasteiger charge is -2.26. The number of allylic oxidation sites excluding steroid dienone is 1. The van der Waals surface area contributed by atoms with Crippen LogP contribution in [-0.2, 0) is 17.8 Å². The van der Waals surface area contributed by atoms with Gasteiger partial charge in [-0.3, -0.25) is 9.69 Å². The van der Waals surface area contributed by atoms with Gasteiger partial charge in [-0.1, -0.05) is 67.6 Å². The van der Waals surface area contributed by atoms with Crippen molar-refractivity contribution in [1.29, 1.82) is 0 Å². The number of ketones is 1. The molecule has 4 aromatic rings. The molecule has 2 atom stereocenters. The number of carbonyl (C=O) groups is 2. The van der Waals surface area contributed by atoms with E-state index in [4.69, 9.17) is 9.47 Å². The van der Waals surface area contributed by atoms with E-state index in [0.717, 1.165) is 23.1 Å². The Hall–Kier alpha value is -4.71. The molecule has 5 nitrogen and oxygen atoms in total. The molecule has 0 N–H and O–H groups in total. The molecular formula is C33H28FNO4. The summed E-state index contributed by atoms with van der Waals surface area (Å²) in [4.78, 5) is 27.6. The largest absolute Gasteiger partial charge is 0.489 e. The zero-order chi connectivity index (χ0) is 27.2. The van der Waals surface area contributed by atoms with Crippen molar-refractivity contribution in [1.82, 2.24) is 0 Å². The number of ether oxygens (including phenoxy) is 2. The molecule has 1 aliphatic heterocycles. The smallest absolute Gasteiger partial charge is 0.415 e. The third-order valence-electron chi connectivity index (χ3n) is 6.67. The topological polar surface area (TPSA) is 55.8 Å². The first-order valence-corrected chi connectivity index (χ1v) is 12.9. The van der Waals surface area contributed by atoms with E-state index in [1.807, 2.05) is 78.9 Å². The van der Waals surface area contributed by atoms with Crippen LogP contribution >= 0.6 is 0 Å². The van der Waals surface area contributed by atoms with E-state index in [2.05, 4.69) is 6.92 Å². The van der Waals surface area contributed by atoms with Gasteiger partial charge in [0.25, 0.3) is 0 Å². The fourth-order valence-corrected chi connectivity index (χ4v) is 4.61. The van der Waals surface area contributed by atoms with Gasteiger partial charge >= 0.3 is 6.09 Å². The maximum absolute atomic E-state index is 13.3. The summed E-state index contributed by atoms with van der Waals surface area (Å²) in [7, 11) is 0. The highest BCUT2D eigenvalue weighted by Gasteiger charge is 2.44. The molecule has 1 heterocycles. The number of amides is 1. The van der Waals surface area contributed by atoms with Crippen LogP contribution in [0.3, 0.4) is 0 Å². The molecule has 0 radical (unpaired) electrons. The Kier molecular flexibility index (Phi) is 7.83. The van der Waals surface area contributed by atoms with Crippen molar-refractivity contribution in [3.05, 3.63) is 143 Å². The van der Waals surface area contributed by atoms with Crippen LogP contribution in [0.25, 0.3) is 0 Å². The Labute approximate surface area is 227 Å². The first-order valence-electron chi connectivity index (χ1n) is 12.9. The van der Waals surface area contributed by atoms with Crippen molar-refractivity contribution in [3.63, 3.8) is 0 Å². The van der Waals surface area contributed by atoms with Crippen molar-refractivity contribution >= 4 is 17.6 Å². The first-order chi connectivity index (χ1) is 19.0. The fraction of sp³-hybridized carbons (Fsp3) is 0.152. The standard InChI is InChI=1S/C33H28FNO4/c1-2-23-13-18-28(31(21-23)38-22-24-9-5-3-6-10-24)32-30(20-19-29(36)25-14-16-26(34)17-15-25)39-33(37)35(32)27-11-7-4-8-12-27/h3-21,30,32H,2,22H2,1H3/b20-19+/t30-,32-/m1/s1. The van der Waals surface area contributed by atoms with Crippen LogP contribution in [0.5, 0.6) is 5.75 Å². The maximum atomic E-state index is 13.3. The molecular weight excluding hydrogens is 493 g/mol. The molecule has 196 valence electrons. The summed E-state index contributed by atoms with van der Waals surface area (Å²) in [5, 5.41) is 0. The number of rotatable bonds is 9. The third kappa shape index (κ3) is 5.91. The first kappa shape index (κ1) is 25.9. The summed E-state index contributed by atoms with van der Waals surface area (Å²) in [6.07, 6.45) is 2.49. The lowest BCUT2D eigenvalue weighted by atomic mass is 9.96. The maximum Gasteiger partial charge on any atom is 0.415 e. The second-order valence-electron chi connectivity index (χ2n) is 9.23. The van der Waals surface area contributed by atoms with Crippen LogP contribution in [0.2, 0.25) is 0 Å². The van der Waals surface area contributed by atoms with Crippen LogP contribution in [0.4, 0.5) is 14.9 Å². The number of halogens is 1. The van der Waals surface area contributed by atoms with Gasteiger partial charge in [0.15, 0.2) is 5.78 Å². The van der Waals surface area contributed by atoms with Crippen molar-refractivity contribution in [2.75, 3.05) is 4.90 Å². The summed E-state index contributed by atoms with van der Waals surface area (Å²) in [6.45, 7) is 2.43. The van der Waals surface area contributed by atoms with Gasteiger partial charge < -0.3 is 9.47 Å². The number of nitrogens with zero attached hydrogens (tertiary/aromatic N) is 1. The summed E-state index contributed by atoms with van der Waals surface area (Å²) in [5.74, 6) is -0.0899. The van der Waals surface area contributed by atoms with Crippen LogP contribution in [0, 0.1) is 5.82 Å². The van der Waals surface area contributed by atoms with Gasteiger partial charge in [0.05, 0.1) is 0 Å². The van der Waals surface area contributed by atoms with Crippen LogP contribution < -0.4 is 9.64 Å². The van der Waals surface area contributed by atoms with E-state index in [9.17, 15) is 14.0 Å². The number of benzene rings is 4. The molecule has 0 saturated carbocycles. The highest BCUT2D eigenvalue weighted by atomic mass is 19.1. The predicted octanol–water partition coefficient (Wildman–Crippen LogP) is 7.47. The number of anilines is 1. The normalized spacial score (nSPS) is 16.9. The Morgan fingerprint density at radius 1 is 0.923 bits per heavy atom. The molecule has 4 aromatic carbocycles. The minimum Gasteiger partial charge on any atom is -0.489 e. The van der Waals surface area contributed by atoms with Gasteiger partial charge in [0.2, 0.25) is 0 Å². The number of hydrogen-bond acceptors (Lipinski definition) is 4. The molecule has 6 heteroatoms. The minimum absolute atomic E-state index is 0.315. The van der Waals surface area contributed by atoms with Crippen molar-refractivity contribution < 1.29 is 23.5 Å². The Morgan fingerprint density at radius 3 is 2.31 bits per heavy atom. The second kappa shape index (κ2) is 11.8. The molecule has 1 saturated heterocycles. The average molecular weight is 522 g/mol. The highest BCUT2D eigenvalue weighted by Crippen LogP contribution is 2.42. The quantitative estimate of drug-likeness (QED) is 0.169. The predicted molar refractivity (Wildman–Crippen MR) is 148 cm³/mol. The molecule has 0 bridgehead atoms. The number of cyclic esters (lactones) is 1. The summed E-state index contributed by atoms with van der Waals surface area (Å²) in [6, 6.07) is 29.8. The lowest BCUT2D eigenvalue weighted by Crippen LogP contribution is -2.29. The molecule has 39 heavy (non-hydrogen) atoms. The van der Waals surface area contributed by atoms with Crippen LogP contribution in [-0.4, -0.2) is 18.0 Å². The molecule has 0 aromatic heterocycles. The highest BCUT2D eigenvalue weighted by molar-refractivity contribution is 6.04. The third-order valence-corrected chi connectivity index (χ3v) is 6.67. The molecule has 0 aliphatic carbocycles. The summed E-state index contributed by atoms with van der Waals surface area (Å²) < 4.78 is 25.5. The number of hydrogen-bond donors (Lipinski definition) is 0.